The van der Waals surface area contributed by atoms with Gasteiger partial charge in [-0.05, 0) is 45.3 Å². The van der Waals surface area contributed by atoms with Crippen LogP contribution in [0.2, 0.25) is 0 Å². The zero-order chi connectivity index (χ0) is 30.6. The summed E-state index contributed by atoms with van der Waals surface area (Å²) in [5.41, 5.74) is 3.46. The topological polar surface area (TPSA) is 83.9 Å². The highest BCUT2D eigenvalue weighted by molar-refractivity contribution is 6.07. The first-order chi connectivity index (χ1) is 20.6. The Morgan fingerprint density at radius 3 is 2.51 bits per heavy atom. The molecule has 3 aromatic carbocycles. The van der Waals surface area contributed by atoms with Crippen molar-refractivity contribution in [2.45, 2.75) is 39.2 Å². The summed E-state index contributed by atoms with van der Waals surface area (Å²) in [7, 11) is 4.14. The van der Waals surface area contributed by atoms with E-state index in [1.807, 2.05) is 73.7 Å². The second kappa shape index (κ2) is 13.2. The fourth-order valence-corrected chi connectivity index (χ4v) is 5.28. The van der Waals surface area contributed by atoms with Crippen LogP contribution in [0.3, 0.4) is 0 Å². The van der Waals surface area contributed by atoms with Gasteiger partial charge in [0.05, 0.1) is 29.8 Å². The molecule has 0 spiro atoms. The Balaban J connectivity index is 1.28. The maximum absolute atomic E-state index is 13.3. The molecule has 5 rings (SSSR count). The lowest BCUT2D eigenvalue weighted by Gasteiger charge is -2.34. The predicted octanol–water partition coefficient (Wildman–Crippen LogP) is 5.92. The Labute approximate surface area is 254 Å². The summed E-state index contributed by atoms with van der Waals surface area (Å²) in [5.74, 6) is 1.40. The molecule has 0 saturated carbocycles. The van der Waals surface area contributed by atoms with Gasteiger partial charge in [-0.2, -0.15) is 5.10 Å². The molecule has 9 nitrogen and oxygen atoms in total. The second-order valence-electron chi connectivity index (χ2n) is 12.6. The largest absolute Gasteiger partial charge is 0.492 e. The molecular weight excluding hydrogens is 540 g/mol. The number of aromatic nitrogens is 2. The summed E-state index contributed by atoms with van der Waals surface area (Å²) in [5, 5.41) is 12.8. The van der Waals surface area contributed by atoms with Gasteiger partial charge in [-0.1, -0.05) is 62.7 Å². The minimum Gasteiger partial charge on any atom is -0.492 e. The van der Waals surface area contributed by atoms with Gasteiger partial charge in [-0.3, -0.25) is 10.2 Å². The molecule has 43 heavy (non-hydrogen) atoms. The molecule has 2 N–H and O–H groups in total. The van der Waals surface area contributed by atoms with Gasteiger partial charge in [-0.15, -0.1) is 0 Å². The summed E-state index contributed by atoms with van der Waals surface area (Å²) < 4.78 is 14.0. The molecule has 1 saturated heterocycles. The van der Waals surface area contributed by atoms with Crippen LogP contribution in [-0.2, 0) is 10.2 Å². The number of fused-ring (bicyclic) bond motifs is 1. The predicted molar refractivity (Wildman–Crippen MR) is 174 cm³/mol. The average molecular weight is 585 g/mol. The van der Waals surface area contributed by atoms with Crippen molar-refractivity contribution in [3.05, 3.63) is 78.0 Å². The van der Waals surface area contributed by atoms with Gasteiger partial charge in [0, 0.05) is 48.4 Å². The van der Waals surface area contributed by atoms with E-state index in [0.717, 1.165) is 66.3 Å². The second-order valence-corrected chi connectivity index (χ2v) is 12.6. The van der Waals surface area contributed by atoms with E-state index in [0.29, 0.717) is 18.1 Å². The smallest absolute Gasteiger partial charge is 0.324 e. The summed E-state index contributed by atoms with van der Waals surface area (Å²) in [4.78, 5) is 17.9. The van der Waals surface area contributed by atoms with Crippen LogP contribution in [0.5, 0.6) is 5.75 Å². The Morgan fingerprint density at radius 1 is 1.05 bits per heavy atom. The van der Waals surface area contributed by atoms with E-state index in [4.69, 9.17) is 14.6 Å². The lowest BCUT2D eigenvalue weighted by atomic mass is 9.92. The van der Waals surface area contributed by atoms with Crippen LogP contribution in [0.25, 0.3) is 16.5 Å². The van der Waals surface area contributed by atoms with Gasteiger partial charge < -0.3 is 19.7 Å². The van der Waals surface area contributed by atoms with E-state index in [-0.39, 0.29) is 17.6 Å². The number of hydrogen-bond donors (Lipinski definition) is 2. The maximum atomic E-state index is 13.3. The number of morpholine rings is 1. The molecule has 1 aliphatic rings. The van der Waals surface area contributed by atoms with Crippen molar-refractivity contribution in [3.8, 4) is 11.4 Å². The number of amides is 2. The third-order valence-electron chi connectivity index (χ3n) is 7.59. The number of rotatable bonds is 9. The van der Waals surface area contributed by atoms with Gasteiger partial charge in [0.15, 0.2) is 0 Å². The molecule has 0 radical (unpaired) electrons. The number of hydrogen-bond acceptors (Lipinski definition) is 6. The Hall–Kier alpha value is -3.92. The van der Waals surface area contributed by atoms with E-state index in [1.54, 1.807) is 4.68 Å². The number of carbonyl (C=O) groups is 1. The van der Waals surface area contributed by atoms with Crippen molar-refractivity contribution in [2.24, 2.45) is 0 Å². The molecule has 0 bridgehead atoms. The molecule has 1 fully saturated rings. The lowest BCUT2D eigenvalue weighted by molar-refractivity contribution is -0.0405. The van der Waals surface area contributed by atoms with Crippen molar-refractivity contribution in [1.29, 1.82) is 0 Å². The third kappa shape index (κ3) is 7.73. The van der Waals surface area contributed by atoms with E-state index >= 15 is 0 Å². The summed E-state index contributed by atoms with van der Waals surface area (Å²) >= 11 is 0. The first-order valence-corrected chi connectivity index (χ1v) is 15.0. The molecule has 2 heterocycles. The van der Waals surface area contributed by atoms with Crippen LogP contribution in [0.1, 0.15) is 32.0 Å². The normalized spacial score (nSPS) is 16.0. The first kappa shape index (κ1) is 30.5. The quantitative estimate of drug-likeness (QED) is 0.254. The molecule has 4 aromatic rings. The summed E-state index contributed by atoms with van der Waals surface area (Å²) in [6.45, 7) is 13.2. The van der Waals surface area contributed by atoms with Gasteiger partial charge in [0.25, 0.3) is 0 Å². The Morgan fingerprint density at radius 2 is 1.79 bits per heavy atom. The monoisotopic (exact) mass is 584 g/mol. The minimum absolute atomic E-state index is 0.176. The Bertz CT molecular complexity index is 1540. The average Bonchev–Trinajstić information content (AvgIpc) is 3.39. The maximum Gasteiger partial charge on any atom is 0.324 e. The summed E-state index contributed by atoms with van der Waals surface area (Å²) in [6, 6.07) is 21.5. The van der Waals surface area contributed by atoms with Gasteiger partial charge in [0.1, 0.15) is 18.2 Å². The van der Waals surface area contributed by atoms with Crippen LogP contribution >= 0.6 is 0 Å². The fraction of sp³-hybridized carbons (Fsp3) is 0.412. The van der Waals surface area contributed by atoms with E-state index in [9.17, 15) is 4.79 Å². The van der Waals surface area contributed by atoms with Gasteiger partial charge >= 0.3 is 6.03 Å². The first-order valence-electron chi connectivity index (χ1n) is 15.0. The number of nitrogens with one attached hydrogen (secondary N) is 2. The standard InChI is InChI=1S/C34H44N6O3/c1-24-11-13-25(14-12-24)40-32(21-31(37-40)34(2,3)4)36-33(41)35-29-15-16-30(28-10-8-7-9-27(28)29)43-20-18-39-17-19-42-26(23-39)22-38(5)6/h7-16,21,26H,17-20,22-23H2,1-6H3,(H2,35,36,41). The van der Waals surface area contributed by atoms with Crippen molar-refractivity contribution in [2.75, 3.05) is 64.1 Å². The molecule has 1 unspecified atom stereocenters. The number of anilines is 2. The molecule has 1 aromatic heterocycles. The summed E-state index contributed by atoms with van der Waals surface area (Å²) in [6.07, 6.45) is 0.219. The highest BCUT2D eigenvalue weighted by Crippen LogP contribution is 2.32. The van der Waals surface area contributed by atoms with Crippen LogP contribution < -0.4 is 15.4 Å². The minimum atomic E-state index is -0.341. The molecular formula is C34H44N6O3. The third-order valence-corrected chi connectivity index (χ3v) is 7.59. The van der Waals surface area contributed by atoms with Crippen LogP contribution in [0, 0.1) is 6.92 Å². The fourth-order valence-electron chi connectivity index (χ4n) is 5.28. The lowest BCUT2D eigenvalue weighted by Crippen LogP contribution is -2.47. The van der Waals surface area contributed by atoms with E-state index in [1.165, 1.54) is 0 Å². The highest BCUT2D eigenvalue weighted by atomic mass is 16.5. The number of benzene rings is 3. The number of aryl methyl sites for hydroxylation is 1. The van der Waals surface area contributed by atoms with Crippen molar-refractivity contribution >= 4 is 28.3 Å². The van der Waals surface area contributed by atoms with Crippen molar-refractivity contribution in [3.63, 3.8) is 0 Å². The van der Waals surface area contributed by atoms with Crippen LogP contribution in [-0.4, -0.2) is 85.2 Å². The number of nitrogens with zero attached hydrogens (tertiary/aromatic N) is 4. The highest BCUT2D eigenvalue weighted by Gasteiger charge is 2.23. The number of ether oxygens (including phenoxy) is 2. The van der Waals surface area contributed by atoms with Crippen molar-refractivity contribution in [1.82, 2.24) is 19.6 Å². The number of likely N-dealkylation sites (N-methyl/N-ethyl adjacent to an activating group) is 1. The van der Waals surface area contributed by atoms with Crippen LogP contribution in [0.15, 0.2) is 66.7 Å². The number of urea groups is 1. The molecule has 0 aliphatic carbocycles. The molecule has 2 amide bonds. The van der Waals surface area contributed by atoms with Gasteiger partial charge in [-0.25, -0.2) is 9.48 Å². The Kier molecular flexibility index (Phi) is 9.34. The molecule has 1 aliphatic heterocycles. The molecule has 228 valence electrons. The zero-order valence-corrected chi connectivity index (χ0v) is 26.2. The van der Waals surface area contributed by atoms with E-state index < -0.39 is 0 Å². The van der Waals surface area contributed by atoms with Crippen molar-refractivity contribution < 1.29 is 14.3 Å². The molecule has 1 atom stereocenters. The zero-order valence-electron chi connectivity index (χ0n) is 26.2. The number of carbonyl (C=O) groups excluding carboxylic acids is 1. The van der Waals surface area contributed by atoms with Crippen LogP contribution in [0.4, 0.5) is 16.3 Å². The van der Waals surface area contributed by atoms with Gasteiger partial charge in [0.2, 0.25) is 0 Å². The van der Waals surface area contributed by atoms with E-state index in [2.05, 4.69) is 55.3 Å². The SMILES string of the molecule is Cc1ccc(-n2nc(C(C)(C)C)cc2NC(=O)Nc2ccc(OCCN3CCOC(CN(C)C)C3)c3ccccc23)cc1. The molecule has 9 heteroatoms.